The van der Waals surface area contributed by atoms with Gasteiger partial charge in [0.2, 0.25) is 0 Å². The first-order chi connectivity index (χ1) is 37.0. The lowest BCUT2D eigenvalue weighted by Gasteiger charge is -2.20. The Morgan fingerprint density at radius 1 is 0.519 bits per heavy atom. The number of nitrogens with two attached hydrogens (primary N) is 1. The van der Waals surface area contributed by atoms with Gasteiger partial charge in [0.1, 0.15) is 11.2 Å². The topological polar surface area (TPSA) is 285 Å². The maximum absolute atomic E-state index is 13.1. The van der Waals surface area contributed by atoms with Gasteiger partial charge in [-0.1, -0.05) is 35.3 Å². The zero-order valence-electron chi connectivity index (χ0n) is 46.4. The average Bonchev–Trinajstić information content (AvgIpc) is 3.37. The largest absolute Gasteiger partial charge is 0.478 e. The Bertz CT molecular complexity index is 3010. The number of carbonyl (C=O) groups excluding carboxylic acids is 7. The lowest BCUT2D eigenvalue weighted by Crippen LogP contribution is -2.37. The van der Waals surface area contributed by atoms with Crippen LogP contribution in [0.25, 0.3) is 0 Å². The number of anilines is 4. The summed E-state index contributed by atoms with van der Waals surface area (Å²) < 4.78 is 10.1. The van der Waals surface area contributed by atoms with Crippen LogP contribution in [-0.2, 0) is 19.1 Å². The molecule has 0 aliphatic heterocycles. The van der Waals surface area contributed by atoms with Crippen LogP contribution in [-0.4, -0.2) is 89.9 Å². The molecule has 0 unspecified atom stereocenters. The van der Waals surface area contributed by atoms with Crippen LogP contribution >= 0.6 is 23.2 Å². The van der Waals surface area contributed by atoms with Crippen molar-refractivity contribution < 1.29 is 52.9 Å². The van der Waals surface area contributed by atoms with E-state index in [0.29, 0.717) is 86.6 Å². The van der Waals surface area contributed by atoms with Crippen LogP contribution in [0.3, 0.4) is 0 Å². The van der Waals surface area contributed by atoms with Crippen LogP contribution in [0.15, 0.2) is 95.3 Å². The van der Waals surface area contributed by atoms with Gasteiger partial charge in [0.05, 0.1) is 27.0 Å². The molecule has 5 amide bonds. The standard InChI is InChI=1S/C29H35ClN4O5.C22H21ClN2O4.C7H16N2O2/c1-17-9-10-19(26(36)31-13-14-32-28(38)39-29(3,4)5)15-23(17)34-27(37)20-11-12-21(30)24(16-20)33-22-7-6-8-25(35)18(22)2;1-12-6-7-15(22(28)29)11-18(12)25-21(27)14-8-9-16(23)19(10-14)24-17-4-3-5-20(26)13(17)2;1-7(2,3)11-6(10)9-5-4-8/h9-12,15-16,33H,6-8,13-14H2,1-5H3,(H,31,36)(H,32,38)(H,34,37);6-11,24H,3-5H2,1-2H3,(H,25,27)(H,28,29);4-5,8H2,1-3H3,(H,9,10). The van der Waals surface area contributed by atoms with Gasteiger partial charge in [-0.15, -0.1) is 0 Å². The highest BCUT2D eigenvalue weighted by Gasteiger charge is 2.22. The summed E-state index contributed by atoms with van der Waals surface area (Å²) in [5.41, 5.74) is 11.8. The maximum Gasteiger partial charge on any atom is 0.407 e. The van der Waals surface area contributed by atoms with E-state index in [-0.39, 0.29) is 47.9 Å². The van der Waals surface area contributed by atoms with E-state index < -0.39 is 29.4 Å². The number of Topliss-reactive ketones (excluding diaryl/α,β-unsaturated/α-hetero) is 2. The van der Waals surface area contributed by atoms with Gasteiger partial charge in [-0.3, -0.25) is 24.0 Å². The molecule has 4 aromatic rings. The second kappa shape index (κ2) is 29.3. The number of hydrogen-bond acceptors (Lipinski definition) is 13. The molecule has 0 radical (unpaired) electrons. The van der Waals surface area contributed by atoms with Crippen LogP contribution in [0.4, 0.5) is 32.3 Å². The molecule has 2 aliphatic carbocycles. The van der Waals surface area contributed by atoms with E-state index in [4.69, 9.17) is 43.5 Å². The molecule has 6 rings (SSSR count). The number of carbonyl (C=O) groups is 8. The molecule has 10 N–H and O–H groups in total. The predicted octanol–water partition coefficient (Wildman–Crippen LogP) is 11.1. The molecule has 0 saturated heterocycles. The number of hydrogen-bond donors (Lipinski definition) is 9. The Kier molecular flexibility index (Phi) is 23.7. The average molecular weight is 1130 g/mol. The van der Waals surface area contributed by atoms with Gasteiger partial charge in [0.25, 0.3) is 17.7 Å². The van der Waals surface area contributed by atoms with Crippen LogP contribution in [0.1, 0.15) is 146 Å². The number of alkyl carbamates (subject to hydrolysis) is 2. The van der Waals surface area contributed by atoms with E-state index in [1.54, 1.807) is 102 Å². The molecule has 79 heavy (non-hydrogen) atoms. The minimum absolute atomic E-state index is 0.0914. The summed E-state index contributed by atoms with van der Waals surface area (Å²) in [6.07, 6.45) is 3.12. The summed E-state index contributed by atoms with van der Waals surface area (Å²) in [6, 6.07) is 19.2. The molecule has 0 heterocycles. The van der Waals surface area contributed by atoms with Crippen molar-refractivity contribution in [3.05, 3.63) is 139 Å². The molecule has 0 bridgehead atoms. The number of nitrogens with one attached hydrogen (secondary N) is 7. The molecule has 2 aliphatic rings. The number of carboxylic acids is 1. The van der Waals surface area contributed by atoms with Crippen LogP contribution in [0.5, 0.6) is 0 Å². The van der Waals surface area contributed by atoms with Gasteiger partial charge in [-0.25, -0.2) is 14.4 Å². The fourth-order valence-corrected chi connectivity index (χ4v) is 7.85. The molecular weight excluding hydrogens is 1060 g/mol. The molecule has 21 heteroatoms. The highest BCUT2D eigenvalue weighted by Crippen LogP contribution is 2.32. The van der Waals surface area contributed by atoms with E-state index in [0.717, 1.165) is 48.2 Å². The number of benzene rings is 4. The van der Waals surface area contributed by atoms with Crippen molar-refractivity contribution >= 4 is 93.4 Å². The van der Waals surface area contributed by atoms with Gasteiger partial charge in [0, 0.05) is 89.6 Å². The number of halogens is 2. The smallest absolute Gasteiger partial charge is 0.407 e. The number of ether oxygens (including phenoxy) is 2. The van der Waals surface area contributed by atoms with E-state index in [9.17, 15) is 38.4 Å². The lowest BCUT2D eigenvalue weighted by molar-refractivity contribution is -0.116. The van der Waals surface area contributed by atoms with E-state index in [1.165, 1.54) is 12.1 Å². The van der Waals surface area contributed by atoms with Gasteiger partial charge in [-0.2, -0.15) is 0 Å². The molecule has 0 saturated carbocycles. The summed E-state index contributed by atoms with van der Waals surface area (Å²) in [5, 5.41) is 29.9. The second-order valence-corrected chi connectivity index (χ2v) is 21.4. The third-order valence-electron chi connectivity index (χ3n) is 11.8. The molecule has 424 valence electrons. The van der Waals surface area contributed by atoms with Crippen molar-refractivity contribution in [1.29, 1.82) is 0 Å². The SMILES string of the molecule is CC(C)(C)OC(=O)NCCN.CC1=C(Nc2cc(C(=O)Nc3cc(C(=O)NCCNC(=O)OC(C)(C)C)ccc3C)ccc2Cl)CCCC1=O.CC1=C(Nc2cc(C(=O)Nc3cc(C(=O)O)ccc3C)ccc2Cl)CCCC1=O. The van der Waals surface area contributed by atoms with Gasteiger partial charge >= 0.3 is 18.2 Å². The van der Waals surface area contributed by atoms with Crippen molar-refractivity contribution in [3.63, 3.8) is 0 Å². The third-order valence-corrected chi connectivity index (χ3v) is 12.5. The first kappa shape index (κ1) is 63.8. The van der Waals surface area contributed by atoms with Crippen molar-refractivity contribution in [2.45, 2.75) is 119 Å². The number of allylic oxidation sites excluding steroid dienone is 4. The monoisotopic (exact) mass is 1130 g/mol. The normalized spacial score (nSPS) is 13.3. The fourth-order valence-electron chi connectivity index (χ4n) is 7.52. The molecule has 0 atom stereocenters. The maximum atomic E-state index is 13.1. The first-order valence-corrected chi connectivity index (χ1v) is 26.4. The van der Waals surface area contributed by atoms with Crippen LogP contribution in [0, 0.1) is 13.8 Å². The van der Waals surface area contributed by atoms with Crippen molar-refractivity contribution in [2.24, 2.45) is 5.73 Å². The summed E-state index contributed by atoms with van der Waals surface area (Å²) in [7, 11) is 0. The van der Waals surface area contributed by atoms with Crippen molar-refractivity contribution in [1.82, 2.24) is 16.0 Å². The zero-order chi connectivity index (χ0) is 58.8. The van der Waals surface area contributed by atoms with Crippen LogP contribution in [0.2, 0.25) is 10.0 Å². The molecule has 19 nitrogen and oxygen atoms in total. The number of ketones is 2. The quantitative estimate of drug-likeness (QED) is 0.0501. The summed E-state index contributed by atoms with van der Waals surface area (Å²) in [5.74, 6) is -1.96. The summed E-state index contributed by atoms with van der Waals surface area (Å²) in [6.45, 7) is 19.2. The Morgan fingerprint density at radius 2 is 0.886 bits per heavy atom. The minimum Gasteiger partial charge on any atom is -0.478 e. The predicted molar refractivity (Wildman–Crippen MR) is 308 cm³/mol. The Morgan fingerprint density at radius 3 is 1.30 bits per heavy atom. The van der Waals surface area contributed by atoms with Crippen molar-refractivity contribution in [3.8, 4) is 0 Å². The highest BCUT2D eigenvalue weighted by molar-refractivity contribution is 6.34. The Labute approximate surface area is 471 Å². The van der Waals surface area contributed by atoms with Gasteiger partial charge in [0.15, 0.2) is 11.6 Å². The highest BCUT2D eigenvalue weighted by atomic mass is 35.5. The number of aromatic carboxylic acids is 1. The number of rotatable bonds is 15. The first-order valence-electron chi connectivity index (χ1n) is 25.6. The number of carboxylic acid groups (broad SMARTS) is 1. The van der Waals surface area contributed by atoms with E-state index >= 15 is 0 Å². The lowest BCUT2D eigenvalue weighted by atomic mass is 9.96. The van der Waals surface area contributed by atoms with Crippen molar-refractivity contribution in [2.75, 3.05) is 47.4 Å². The van der Waals surface area contributed by atoms with E-state index in [1.807, 2.05) is 27.7 Å². The van der Waals surface area contributed by atoms with Crippen LogP contribution < -0.4 is 43.0 Å². The minimum atomic E-state index is -1.07. The molecule has 4 aromatic carbocycles. The van der Waals surface area contributed by atoms with E-state index in [2.05, 4.69) is 37.2 Å². The van der Waals surface area contributed by atoms with Gasteiger partial charge in [-0.05, 0) is 167 Å². The molecule has 0 spiro atoms. The number of amides is 5. The van der Waals surface area contributed by atoms with Gasteiger partial charge < -0.3 is 57.5 Å². The summed E-state index contributed by atoms with van der Waals surface area (Å²) in [4.78, 5) is 96.2. The molecular formula is C58H72Cl2N8O11. The second-order valence-electron chi connectivity index (χ2n) is 20.6. The Balaban J connectivity index is 0.000000294. The molecule has 0 fully saturated rings. The Hall–Kier alpha value is -7.74. The fraction of sp³-hybridized carbons (Fsp3) is 0.379. The third kappa shape index (κ3) is 20.9. The zero-order valence-corrected chi connectivity index (χ0v) is 47.9. The molecule has 0 aromatic heterocycles. The number of aryl methyl sites for hydroxylation is 2. The summed E-state index contributed by atoms with van der Waals surface area (Å²) >= 11 is 12.6.